The fourth-order valence-corrected chi connectivity index (χ4v) is 1.81. The van der Waals surface area contributed by atoms with Gasteiger partial charge in [0.05, 0.1) is 0 Å². The van der Waals surface area contributed by atoms with Crippen LogP contribution in [0.5, 0.6) is 0 Å². The van der Waals surface area contributed by atoms with Crippen molar-refractivity contribution in [3.05, 3.63) is 23.8 Å². The second-order valence-corrected chi connectivity index (χ2v) is 3.89. The number of allylic oxidation sites excluding steroid dienone is 3. The monoisotopic (exact) mass is 178 g/mol. The van der Waals surface area contributed by atoms with Crippen LogP contribution >= 0.6 is 0 Å². The molecule has 1 rings (SSSR count). The topological polar surface area (TPSA) is 17.1 Å². The molecule has 0 aromatic heterocycles. The maximum atomic E-state index is 10.2. The normalized spacial score (nSPS) is 22.2. The van der Waals surface area contributed by atoms with Crippen LogP contribution in [0, 0.1) is 5.92 Å². The molecule has 1 atom stereocenters. The minimum absolute atomic E-state index is 0.681. The zero-order valence-electron chi connectivity index (χ0n) is 8.38. The lowest BCUT2D eigenvalue weighted by Gasteiger charge is -2.21. The van der Waals surface area contributed by atoms with Crippen LogP contribution in [0.4, 0.5) is 0 Å². The highest BCUT2D eigenvalue weighted by Crippen LogP contribution is 2.29. The largest absolute Gasteiger partial charge is 0.303 e. The van der Waals surface area contributed by atoms with Crippen molar-refractivity contribution in [1.82, 2.24) is 0 Å². The molecule has 72 valence electrons. The minimum Gasteiger partial charge on any atom is -0.303 e. The van der Waals surface area contributed by atoms with Gasteiger partial charge in [0, 0.05) is 6.42 Å². The van der Waals surface area contributed by atoms with Crippen molar-refractivity contribution in [2.75, 3.05) is 0 Å². The van der Waals surface area contributed by atoms with Crippen LogP contribution in [0.15, 0.2) is 23.8 Å². The van der Waals surface area contributed by atoms with Crippen molar-refractivity contribution in [2.24, 2.45) is 5.92 Å². The van der Waals surface area contributed by atoms with Gasteiger partial charge in [0.2, 0.25) is 0 Å². The van der Waals surface area contributed by atoms with E-state index in [9.17, 15) is 4.79 Å². The van der Waals surface area contributed by atoms with Gasteiger partial charge in [-0.25, -0.2) is 0 Å². The molecule has 0 spiro atoms. The lowest BCUT2D eigenvalue weighted by atomic mass is 9.84. The van der Waals surface area contributed by atoms with E-state index in [1.165, 1.54) is 17.6 Å². The molecule has 13 heavy (non-hydrogen) atoms. The predicted octanol–water partition coefficient (Wildman–Crippen LogP) is 3.27. The Morgan fingerprint density at radius 1 is 1.77 bits per heavy atom. The molecule has 0 heterocycles. The fraction of sp³-hybridized carbons (Fsp3) is 0.583. The number of carbonyl (C=O) groups excluding carboxylic acids is 1. The van der Waals surface area contributed by atoms with E-state index in [1.807, 2.05) is 0 Å². The van der Waals surface area contributed by atoms with E-state index in [0.717, 1.165) is 25.5 Å². The SMILES string of the molecule is C=C(C)[C@@H]1CC=C(CCC=O)CC1. The molecule has 0 aromatic carbocycles. The molecule has 0 aliphatic heterocycles. The maximum Gasteiger partial charge on any atom is 0.120 e. The van der Waals surface area contributed by atoms with Crippen molar-refractivity contribution in [2.45, 2.75) is 39.0 Å². The van der Waals surface area contributed by atoms with Crippen molar-refractivity contribution >= 4 is 6.29 Å². The Balaban J connectivity index is 2.38. The molecule has 0 amide bonds. The summed E-state index contributed by atoms with van der Waals surface area (Å²) in [5, 5.41) is 0. The van der Waals surface area contributed by atoms with Crippen molar-refractivity contribution in [1.29, 1.82) is 0 Å². The van der Waals surface area contributed by atoms with Crippen LogP contribution in [-0.2, 0) is 4.79 Å². The number of rotatable bonds is 4. The van der Waals surface area contributed by atoms with Crippen LogP contribution < -0.4 is 0 Å². The van der Waals surface area contributed by atoms with E-state index in [-0.39, 0.29) is 0 Å². The van der Waals surface area contributed by atoms with E-state index in [2.05, 4.69) is 19.6 Å². The highest BCUT2D eigenvalue weighted by atomic mass is 16.1. The summed E-state index contributed by atoms with van der Waals surface area (Å²) in [7, 11) is 0. The van der Waals surface area contributed by atoms with Gasteiger partial charge in [-0.15, -0.1) is 0 Å². The van der Waals surface area contributed by atoms with Gasteiger partial charge in [-0.3, -0.25) is 0 Å². The first kappa shape index (κ1) is 10.2. The predicted molar refractivity (Wildman–Crippen MR) is 55.5 cm³/mol. The van der Waals surface area contributed by atoms with Gasteiger partial charge in [0.15, 0.2) is 0 Å². The van der Waals surface area contributed by atoms with Crippen LogP contribution in [0.1, 0.15) is 39.0 Å². The molecule has 0 fully saturated rings. The third kappa shape index (κ3) is 3.17. The Hall–Kier alpha value is -0.850. The summed E-state index contributed by atoms with van der Waals surface area (Å²) in [5.41, 5.74) is 2.76. The third-order valence-electron chi connectivity index (χ3n) is 2.79. The number of hydrogen-bond donors (Lipinski definition) is 0. The number of aldehydes is 1. The van der Waals surface area contributed by atoms with Crippen LogP contribution in [0.2, 0.25) is 0 Å². The highest BCUT2D eigenvalue weighted by molar-refractivity contribution is 5.49. The molecule has 1 aliphatic rings. The second-order valence-electron chi connectivity index (χ2n) is 3.89. The van der Waals surface area contributed by atoms with Crippen LogP contribution in [-0.4, -0.2) is 6.29 Å². The summed E-state index contributed by atoms with van der Waals surface area (Å²) in [4.78, 5) is 10.2. The van der Waals surface area contributed by atoms with E-state index >= 15 is 0 Å². The molecule has 1 heteroatoms. The quantitative estimate of drug-likeness (QED) is 0.477. The maximum absolute atomic E-state index is 10.2. The molecule has 1 aliphatic carbocycles. The van der Waals surface area contributed by atoms with Gasteiger partial charge < -0.3 is 4.79 Å². The highest BCUT2D eigenvalue weighted by Gasteiger charge is 2.13. The molecule has 0 bridgehead atoms. The Morgan fingerprint density at radius 3 is 3.00 bits per heavy atom. The van der Waals surface area contributed by atoms with Crippen molar-refractivity contribution in [3.63, 3.8) is 0 Å². The third-order valence-corrected chi connectivity index (χ3v) is 2.79. The van der Waals surface area contributed by atoms with E-state index in [0.29, 0.717) is 12.3 Å². The summed E-state index contributed by atoms with van der Waals surface area (Å²) in [6.07, 6.45) is 8.46. The molecular formula is C12H18O. The first-order valence-corrected chi connectivity index (χ1v) is 5.01. The average Bonchev–Trinajstić information content (AvgIpc) is 2.15. The Bertz CT molecular complexity index is 225. The molecule has 0 radical (unpaired) electrons. The van der Waals surface area contributed by atoms with Crippen molar-refractivity contribution in [3.8, 4) is 0 Å². The molecular weight excluding hydrogens is 160 g/mol. The first-order valence-electron chi connectivity index (χ1n) is 5.01. The Kier molecular flexibility index (Phi) is 3.94. The lowest BCUT2D eigenvalue weighted by molar-refractivity contribution is -0.107. The van der Waals surface area contributed by atoms with E-state index in [4.69, 9.17) is 0 Å². The summed E-state index contributed by atoms with van der Waals surface area (Å²) in [6, 6.07) is 0. The second kappa shape index (κ2) is 5.00. The van der Waals surface area contributed by atoms with Gasteiger partial charge in [-0.05, 0) is 38.5 Å². The molecule has 0 unspecified atom stereocenters. The number of hydrogen-bond acceptors (Lipinski definition) is 1. The minimum atomic E-state index is 0.681. The zero-order valence-corrected chi connectivity index (χ0v) is 8.38. The fourth-order valence-electron chi connectivity index (χ4n) is 1.81. The summed E-state index contributed by atoms with van der Waals surface area (Å²) >= 11 is 0. The Labute approximate surface area is 80.5 Å². The van der Waals surface area contributed by atoms with Crippen molar-refractivity contribution < 1.29 is 4.79 Å². The number of carbonyl (C=O) groups is 1. The molecule has 0 saturated carbocycles. The standard InChI is InChI=1S/C12H18O/c1-10(2)12-7-5-11(6-8-12)4-3-9-13/h5,9,12H,1,3-4,6-8H2,2H3/t12-/m1/s1. The van der Waals surface area contributed by atoms with E-state index in [1.54, 1.807) is 0 Å². The lowest BCUT2D eigenvalue weighted by Crippen LogP contribution is -2.06. The van der Waals surface area contributed by atoms with Crippen LogP contribution in [0.3, 0.4) is 0 Å². The molecule has 0 aromatic rings. The van der Waals surface area contributed by atoms with Gasteiger partial charge in [0.25, 0.3) is 0 Å². The van der Waals surface area contributed by atoms with Gasteiger partial charge >= 0.3 is 0 Å². The van der Waals surface area contributed by atoms with E-state index < -0.39 is 0 Å². The smallest absolute Gasteiger partial charge is 0.120 e. The molecule has 1 nitrogen and oxygen atoms in total. The van der Waals surface area contributed by atoms with Gasteiger partial charge in [-0.2, -0.15) is 0 Å². The summed E-state index contributed by atoms with van der Waals surface area (Å²) in [6.45, 7) is 6.09. The molecule has 0 saturated heterocycles. The molecule has 0 N–H and O–H groups in total. The Morgan fingerprint density at radius 2 is 2.54 bits per heavy atom. The first-order chi connectivity index (χ1) is 6.24. The summed E-state index contributed by atoms with van der Waals surface area (Å²) < 4.78 is 0. The summed E-state index contributed by atoms with van der Waals surface area (Å²) in [5.74, 6) is 0.681. The average molecular weight is 178 g/mol. The van der Waals surface area contributed by atoms with Gasteiger partial charge in [-0.1, -0.05) is 23.8 Å². The zero-order chi connectivity index (χ0) is 9.68. The van der Waals surface area contributed by atoms with Crippen LogP contribution in [0.25, 0.3) is 0 Å². The van der Waals surface area contributed by atoms with Gasteiger partial charge in [0.1, 0.15) is 6.29 Å².